The third-order valence-electron chi connectivity index (χ3n) is 11.8. The van der Waals surface area contributed by atoms with Gasteiger partial charge in [-0.25, -0.2) is 0 Å². The predicted molar refractivity (Wildman–Crippen MR) is 255 cm³/mol. The van der Waals surface area contributed by atoms with E-state index in [1.165, 1.54) is 202 Å². The lowest BCUT2D eigenvalue weighted by atomic mass is 9.98. The molecule has 0 radical (unpaired) electrons. The van der Waals surface area contributed by atoms with E-state index in [0.717, 1.165) is 42.9 Å². The van der Waals surface area contributed by atoms with E-state index in [-0.39, 0.29) is 0 Å². The molecule has 0 saturated heterocycles. The third kappa shape index (κ3) is 23.3. The molecule has 0 saturated carbocycles. The molecule has 0 atom stereocenters. The molecule has 0 heterocycles. The van der Waals surface area contributed by atoms with Crippen molar-refractivity contribution in [2.75, 3.05) is 0 Å². The zero-order chi connectivity index (χ0) is 41.1. The van der Waals surface area contributed by atoms with E-state index in [2.05, 4.69) is 94.4 Å². The fourth-order valence-corrected chi connectivity index (χ4v) is 9.09. The number of aryl methyl sites for hydroxylation is 4. The quantitative estimate of drug-likeness (QED) is 0.0426. The first-order valence-corrected chi connectivity index (χ1v) is 25.9. The standard InChI is InChI=1S/C54H87O3P/c1-5-9-13-17-21-25-29-34-48-40-44-52(45-41-48)55-58(56-53-46-42-49(43-47-53)35-30-26-22-18-14-10-6-2)57-54-50(36-31-27-23-19-15-11-7-3)38-33-39-51(54)37-32-28-24-20-16-12-8-4/h33,38-47H,5-32,34-37H2,1-4H3. The van der Waals surface area contributed by atoms with Gasteiger partial charge in [-0.05, 0) is 97.9 Å². The third-order valence-corrected chi connectivity index (χ3v) is 12.8. The van der Waals surface area contributed by atoms with Gasteiger partial charge in [-0.1, -0.05) is 224 Å². The molecule has 3 aromatic rings. The van der Waals surface area contributed by atoms with Crippen LogP contribution in [0.3, 0.4) is 0 Å². The highest BCUT2D eigenvalue weighted by molar-refractivity contribution is 7.43. The molecule has 0 N–H and O–H groups in total. The van der Waals surface area contributed by atoms with E-state index in [1.54, 1.807) is 0 Å². The monoisotopic (exact) mass is 815 g/mol. The van der Waals surface area contributed by atoms with E-state index < -0.39 is 8.60 Å². The minimum absolute atomic E-state index is 0.808. The van der Waals surface area contributed by atoms with Crippen LogP contribution in [0.25, 0.3) is 0 Å². The Morgan fingerprint density at radius 1 is 0.310 bits per heavy atom. The Hall–Kier alpha value is -2.51. The highest BCUT2D eigenvalue weighted by atomic mass is 31.2. The molecule has 3 nitrogen and oxygen atoms in total. The molecule has 326 valence electrons. The van der Waals surface area contributed by atoms with Gasteiger partial charge in [0, 0.05) is 0 Å². The first-order chi connectivity index (χ1) is 28.7. The predicted octanol–water partition coefficient (Wildman–Crippen LogP) is 18.6. The molecule has 0 fully saturated rings. The highest BCUT2D eigenvalue weighted by Crippen LogP contribution is 2.45. The molecule has 0 aliphatic heterocycles. The Bertz CT molecular complexity index is 1270. The van der Waals surface area contributed by atoms with Crippen LogP contribution in [-0.2, 0) is 25.7 Å². The van der Waals surface area contributed by atoms with Crippen LogP contribution in [0.15, 0.2) is 66.7 Å². The van der Waals surface area contributed by atoms with E-state index >= 15 is 0 Å². The van der Waals surface area contributed by atoms with Crippen LogP contribution in [0.2, 0.25) is 0 Å². The van der Waals surface area contributed by atoms with Gasteiger partial charge in [0.1, 0.15) is 17.2 Å². The molecule has 0 amide bonds. The first kappa shape index (κ1) is 49.8. The topological polar surface area (TPSA) is 27.7 Å². The smallest absolute Gasteiger partial charge is 0.409 e. The number of hydrogen-bond donors (Lipinski definition) is 0. The highest BCUT2D eigenvalue weighted by Gasteiger charge is 2.24. The van der Waals surface area contributed by atoms with E-state index in [9.17, 15) is 0 Å². The lowest BCUT2D eigenvalue weighted by Gasteiger charge is -2.22. The molecule has 4 heteroatoms. The summed E-state index contributed by atoms with van der Waals surface area (Å²) in [4.78, 5) is 0. The summed E-state index contributed by atoms with van der Waals surface area (Å²) in [6.45, 7) is 9.17. The largest absolute Gasteiger partial charge is 0.530 e. The lowest BCUT2D eigenvalue weighted by Crippen LogP contribution is -2.06. The zero-order valence-corrected chi connectivity index (χ0v) is 39.0. The lowest BCUT2D eigenvalue weighted by molar-refractivity contribution is 0.383. The average Bonchev–Trinajstić information content (AvgIpc) is 3.24. The average molecular weight is 815 g/mol. The normalized spacial score (nSPS) is 11.4. The van der Waals surface area contributed by atoms with Crippen molar-refractivity contribution in [2.45, 2.75) is 233 Å². The van der Waals surface area contributed by atoms with Crippen molar-refractivity contribution in [1.29, 1.82) is 0 Å². The van der Waals surface area contributed by atoms with Crippen LogP contribution < -0.4 is 13.6 Å². The minimum atomic E-state index is -1.74. The summed E-state index contributed by atoms with van der Waals surface area (Å²) in [5.41, 5.74) is 5.34. The summed E-state index contributed by atoms with van der Waals surface area (Å²) < 4.78 is 20.4. The van der Waals surface area contributed by atoms with Crippen molar-refractivity contribution in [3.05, 3.63) is 89.0 Å². The Kier molecular flexibility index (Phi) is 29.4. The molecular weight excluding hydrogens is 728 g/mol. The molecule has 0 unspecified atom stereocenters. The van der Waals surface area contributed by atoms with Gasteiger partial charge in [-0.2, -0.15) is 0 Å². The number of hydrogen-bond acceptors (Lipinski definition) is 3. The number of para-hydroxylation sites is 1. The summed E-state index contributed by atoms with van der Waals surface area (Å²) >= 11 is 0. The van der Waals surface area contributed by atoms with Crippen LogP contribution >= 0.6 is 8.60 Å². The second kappa shape index (κ2) is 34.2. The first-order valence-electron chi connectivity index (χ1n) is 24.8. The summed E-state index contributed by atoms with van der Waals surface area (Å²) in [6, 6.07) is 24.2. The maximum absolute atomic E-state index is 7.03. The van der Waals surface area contributed by atoms with Gasteiger partial charge in [0.15, 0.2) is 0 Å². The zero-order valence-electron chi connectivity index (χ0n) is 38.2. The van der Waals surface area contributed by atoms with E-state index in [0.29, 0.717) is 0 Å². The van der Waals surface area contributed by atoms with E-state index in [4.69, 9.17) is 13.6 Å². The maximum atomic E-state index is 7.03. The van der Waals surface area contributed by atoms with Crippen LogP contribution in [0.1, 0.15) is 230 Å². The number of rotatable bonds is 38. The molecule has 0 aromatic heterocycles. The summed E-state index contributed by atoms with van der Waals surface area (Å²) in [5.74, 6) is 2.61. The minimum Gasteiger partial charge on any atom is -0.409 e. The van der Waals surface area contributed by atoms with Crippen molar-refractivity contribution in [2.24, 2.45) is 0 Å². The van der Waals surface area contributed by atoms with Gasteiger partial charge in [0.25, 0.3) is 0 Å². The van der Waals surface area contributed by atoms with Gasteiger partial charge < -0.3 is 13.6 Å². The van der Waals surface area contributed by atoms with Crippen molar-refractivity contribution in [3.8, 4) is 17.2 Å². The van der Waals surface area contributed by atoms with Gasteiger partial charge >= 0.3 is 8.60 Å². The van der Waals surface area contributed by atoms with Gasteiger partial charge in [0.05, 0.1) is 0 Å². The van der Waals surface area contributed by atoms with Crippen molar-refractivity contribution >= 4 is 8.60 Å². The maximum Gasteiger partial charge on any atom is 0.530 e. The van der Waals surface area contributed by atoms with Crippen LogP contribution in [-0.4, -0.2) is 0 Å². The molecular formula is C54H87O3P. The van der Waals surface area contributed by atoms with Crippen molar-refractivity contribution < 1.29 is 13.6 Å². The second-order valence-corrected chi connectivity index (χ2v) is 18.2. The second-order valence-electron chi connectivity index (χ2n) is 17.2. The van der Waals surface area contributed by atoms with Crippen molar-refractivity contribution in [3.63, 3.8) is 0 Å². The molecule has 0 aliphatic rings. The van der Waals surface area contributed by atoms with Gasteiger partial charge in [-0.3, -0.25) is 0 Å². The summed E-state index contributed by atoms with van der Waals surface area (Å²) in [6.07, 6.45) is 41.2. The van der Waals surface area contributed by atoms with Crippen LogP contribution in [0.5, 0.6) is 17.2 Å². The Labute approximate surface area is 360 Å². The fourth-order valence-electron chi connectivity index (χ4n) is 8.00. The number of unbranched alkanes of at least 4 members (excludes halogenated alkanes) is 24. The fraction of sp³-hybridized carbons (Fsp3) is 0.667. The SMILES string of the molecule is CCCCCCCCCc1ccc(OP(Oc2ccc(CCCCCCCCC)cc2)Oc2c(CCCCCCCCC)cccc2CCCCCCCCC)cc1. The summed E-state index contributed by atoms with van der Waals surface area (Å²) in [5, 5.41) is 0. The summed E-state index contributed by atoms with van der Waals surface area (Å²) in [7, 11) is -1.74. The Morgan fingerprint density at radius 2 is 0.603 bits per heavy atom. The van der Waals surface area contributed by atoms with Crippen molar-refractivity contribution in [1.82, 2.24) is 0 Å². The molecule has 0 spiro atoms. The molecule has 3 aromatic carbocycles. The van der Waals surface area contributed by atoms with Crippen LogP contribution in [0.4, 0.5) is 0 Å². The Balaban J connectivity index is 1.74. The van der Waals surface area contributed by atoms with E-state index in [1.807, 2.05) is 0 Å². The number of benzene rings is 3. The van der Waals surface area contributed by atoms with Gasteiger partial charge in [0.2, 0.25) is 0 Å². The van der Waals surface area contributed by atoms with Crippen LogP contribution in [0, 0.1) is 0 Å². The molecule has 3 rings (SSSR count). The molecule has 58 heavy (non-hydrogen) atoms. The molecule has 0 bridgehead atoms. The van der Waals surface area contributed by atoms with Gasteiger partial charge in [-0.15, -0.1) is 0 Å². The molecule has 0 aliphatic carbocycles. The Morgan fingerprint density at radius 3 is 0.931 bits per heavy atom.